The molecule has 0 bridgehead atoms. The molecule has 7 nitrogen and oxygen atoms in total. The maximum atomic E-state index is 12.2. The number of carbonyl (C=O) groups is 2. The molecule has 152 valence electrons. The molecule has 1 aliphatic heterocycles. The van der Waals surface area contributed by atoms with Gasteiger partial charge in [-0.2, -0.15) is 0 Å². The molecule has 0 fully saturated rings. The Morgan fingerprint density at radius 1 is 1.14 bits per heavy atom. The highest BCUT2D eigenvalue weighted by atomic mass is 16.7. The van der Waals surface area contributed by atoms with Crippen LogP contribution < -0.4 is 24.8 Å². The summed E-state index contributed by atoms with van der Waals surface area (Å²) in [5, 5.41) is 5.48. The van der Waals surface area contributed by atoms with E-state index in [1.54, 1.807) is 20.1 Å². The Bertz CT molecular complexity index is 893. The molecular weight excluding hydrogens is 372 g/mol. The number of benzene rings is 2. The van der Waals surface area contributed by atoms with Crippen LogP contribution >= 0.6 is 0 Å². The Morgan fingerprint density at radius 3 is 2.66 bits per heavy atom. The van der Waals surface area contributed by atoms with E-state index in [0.29, 0.717) is 13.0 Å². The van der Waals surface area contributed by atoms with E-state index in [-0.39, 0.29) is 18.6 Å². The van der Waals surface area contributed by atoms with Crippen LogP contribution in [0.2, 0.25) is 0 Å². The third-order valence-corrected chi connectivity index (χ3v) is 4.44. The van der Waals surface area contributed by atoms with Gasteiger partial charge in [0.05, 0.1) is 7.11 Å². The summed E-state index contributed by atoms with van der Waals surface area (Å²) < 4.78 is 15.7. The SMILES string of the molecule is COc1ccc(/C=C/C(=O)NC(C)C(=O)NCCc2ccc3c(c2)OCO3)cc1. The van der Waals surface area contributed by atoms with Gasteiger partial charge in [0.25, 0.3) is 0 Å². The van der Waals surface area contributed by atoms with Crippen LogP contribution in [0.3, 0.4) is 0 Å². The summed E-state index contributed by atoms with van der Waals surface area (Å²) in [7, 11) is 1.60. The van der Waals surface area contributed by atoms with E-state index in [9.17, 15) is 9.59 Å². The molecular formula is C22H24N2O5. The van der Waals surface area contributed by atoms with Crippen molar-refractivity contribution in [3.8, 4) is 17.2 Å². The van der Waals surface area contributed by atoms with Crippen molar-refractivity contribution < 1.29 is 23.8 Å². The van der Waals surface area contributed by atoms with E-state index in [2.05, 4.69) is 10.6 Å². The zero-order chi connectivity index (χ0) is 20.6. The highest BCUT2D eigenvalue weighted by Crippen LogP contribution is 2.32. The summed E-state index contributed by atoms with van der Waals surface area (Å²) in [6.07, 6.45) is 3.73. The lowest BCUT2D eigenvalue weighted by atomic mass is 10.1. The molecule has 0 saturated carbocycles. The van der Waals surface area contributed by atoms with Gasteiger partial charge in [0.2, 0.25) is 18.6 Å². The number of ether oxygens (including phenoxy) is 3. The van der Waals surface area contributed by atoms with E-state index >= 15 is 0 Å². The fourth-order valence-corrected chi connectivity index (χ4v) is 2.79. The first-order chi connectivity index (χ1) is 14.0. The van der Waals surface area contributed by atoms with Crippen molar-refractivity contribution in [2.24, 2.45) is 0 Å². The Balaban J connectivity index is 1.41. The number of rotatable bonds is 8. The van der Waals surface area contributed by atoms with Crippen molar-refractivity contribution in [2.45, 2.75) is 19.4 Å². The van der Waals surface area contributed by atoms with E-state index < -0.39 is 6.04 Å². The molecule has 2 aromatic carbocycles. The predicted molar refractivity (Wildman–Crippen MR) is 109 cm³/mol. The second-order valence-electron chi connectivity index (χ2n) is 6.57. The van der Waals surface area contributed by atoms with Gasteiger partial charge in [0.15, 0.2) is 11.5 Å². The number of nitrogens with one attached hydrogen (secondary N) is 2. The van der Waals surface area contributed by atoms with E-state index in [4.69, 9.17) is 14.2 Å². The van der Waals surface area contributed by atoms with Crippen molar-refractivity contribution in [1.82, 2.24) is 10.6 Å². The molecule has 0 aliphatic carbocycles. The number of methoxy groups -OCH3 is 1. The first-order valence-electron chi connectivity index (χ1n) is 9.34. The highest BCUT2D eigenvalue weighted by Gasteiger charge is 2.15. The van der Waals surface area contributed by atoms with Crippen LogP contribution in [0, 0.1) is 0 Å². The minimum Gasteiger partial charge on any atom is -0.497 e. The molecule has 29 heavy (non-hydrogen) atoms. The van der Waals surface area contributed by atoms with Gasteiger partial charge in [-0.3, -0.25) is 9.59 Å². The molecule has 0 aromatic heterocycles. The summed E-state index contributed by atoms with van der Waals surface area (Å²) in [6, 6.07) is 12.4. The number of hydrogen-bond acceptors (Lipinski definition) is 5. The largest absolute Gasteiger partial charge is 0.497 e. The van der Waals surface area contributed by atoms with E-state index in [0.717, 1.165) is 28.4 Å². The fourth-order valence-electron chi connectivity index (χ4n) is 2.79. The van der Waals surface area contributed by atoms with Crippen LogP contribution in [0.15, 0.2) is 48.5 Å². The first kappa shape index (κ1) is 20.3. The zero-order valence-corrected chi connectivity index (χ0v) is 16.4. The number of carbonyl (C=O) groups excluding carboxylic acids is 2. The van der Waals surface area contributed by atoms with E-state index in [1.807, 2.05) is 42.5 Å². The van der Waals surface area contributed by atoms with Gasteiger partial charge in [0, 0.05) is 12.6 Å². The standard InChI is InChI=1S/C22H24N2O5/c1-15(24-21(25)10-6-16-3-7-18(27-2)8-4-16)22(26)23-12-11-17-5-9-19-20(13-17)29-14-28-19/h3-10,13,15H,11-12,14H2,1-2H3,(H,23,26)(H,24,25)/b10-6+. The van der Waals surface area contributed by atoms with Crippen LogP contribution in [0.5, 0.6) is 17.2 Å². The third-order valence-electron chi connectivity index (χ3n) is 4.44. The second-order valence-corrected chi connectivity index (χ2v) is 6.57. The molecule has 2 N–H and O–H groups in total. The normalized spacial score (nSPS) is 13.2. The Morgan fingerprint density at radius 2 is 1.90 bits per heavy atom. The van der Waals surface area contributed by atoms with Crippen LogP contribution in [0.25, 0.3) is 6.08 Å². The Hall–Kier alpha value is -3.48. The summed E-state index contributed by atoms with van der Waals surface area (Å²) >= 11 is 0. The topological polar surface area (TPSA) is 85.9 Å². The molecule has 1 atom stereocenters. The number of fused-ring (bicyclic) bond motifs is 1. The van der Waals surface area contributed by atoms with Crippen LogP contribution in [-0.2, 0) is 16.0 Å². The zero-order valence-electron chi connectivity index (χ0n) is 16.4. The van der Waals surface area contributed by atoms with Crippen molar-refractivity contribution in [3.63, 3.8) is 0 Å². The maximum absolute atomic E-state index is 12.2. The lowest BCUT2D eigenvalue weighted by molar-refractivity contribution is -0.126. The van der Waals surface area contributed by atoms with Crippen molar-refractivity contribution in [3.05, 3.63) is 59.7 Å². The van der Waals surface area contributed by atoms with Gasteiger partial charge >= 0.3 is 0 Å². The maximum Gasteiger partial charge on any atom is 0.244 e. The molecule has 0 radical (unpaired) electrons. The molecule has 2 aromatic rings. The average Bonchev–Trinajstić information content (AvgIpc) is 3.20. The molecule has 1 unspecified atom stereocenters. The predicted octanol–water partition coefficient (Wildman–Crippen LogP) is 2.30. The van der Waals surface area contributed by atoms with Gasteiger partial charge in [-0.05, 0) is 54.8 Å². The van der Waals surface area contributed by atoms with E-state index in [1.165, 1.54) is 6.08 Å². The lowest BCUT2D eigenvalue weighted by Crippen LogP contribution is -2.44. The monoisotopic (exact) mass is 396 g/mol. The summed E-state index contributed by atoms with van der Waals surface area (Å²) in [4.78, 5) is 24.2. The minimum absolute atomic E-state index is 0.236. The molecule has 3 rings (SSSR count). The lowest BCUT2D eigenvalue weighted by Gasteiger charge is -2.13. The van der Waals surface area contributed by atoms with Gasteiger partial charge in [0.1, 0.15) is 11.8 Å². The number of amides is 2. The van der Waals surface area contributed by atoms with Crippen LogP contribution in [-0.4, -0.2) is 38.3 Å². The van der Waals surface area contributed by atoms with Crippen molar-refractivity contribution >= 4 is 17.9 Å². The van der Waals surface area contributed by atoms with Gasteiger partial charge in [-0.1, -0.05) is 18.2 Å². The quantitative estimate of drug-likeness (QED) is 0.669. The Kier molecular flexibility index (Phi) is 6.73. The van der Waals surface area contributed by atoms with Crippen LogP contribution in [0.4, 0.5) is 0 Å². The molecule has 1 aliphatic rings. The van der Waals surface area contributed by atoms with Gasteiger partial charge < -0.3 is 24.8 Å². The third kappa shape index (κ3) is 5.75. The molecule has 1 heterocycles. The summed E-state index contributed by atoms with van der Waals surface area (Å²) in [5.74, 6) is 1.63. The number of hydrogen-bond donors (Lipinski definition) is 2. The van der Waals surface area contributed by atoms with Gasteiger partial charge in [-0.25, -0.2) is 0 Å². The molecule has 0 saturated heterocycles. The average molecular weight is 396 g/mol. The summed E-state index contributed by atoms with van der Waals surface area (Å²) in [6.45, 7) is 2.34. The summed E-state index contributed by atoms with van der Waals surface area (Å²) in [5.41, 5.74) is 1.90. The minimum atomic E-state index is -0.639. The van der Waals surface area contributed by atoms with Gasteiger partial charge in [-0.15, -0.1) is 0 Å². The van der Waals surface area contributed by atoms with Crippen LogP contribution in [0.1, 0.15) is 18.1 Å². The Labute approximate surface area is 169 Å². The first-order valence-corrected chi connectivity index (χ1v) is 9.34. The fraction of sp³-hybridized carbons (Fsp3) is 0.273. The molecule has 2 amide bonds. The van der Waals surface area contributed by atoms with Crippen molar-refractivity contribution in [2.75, 3.05) is 20.4 Å². The second kappa shape index (κ2) is 9.64. The smallest absolute Gasteiger partial charge is 0.244 e. The molecule has 0 spiro atoms. The highest BCUT2D eigenvalue weighted by molar-refractivity contribution is 5.95. The van der Waals surface area contributed by atoms with Crippen molar-refractivity contribution in [1.29, 1.82) is 0 Å². The molecule has 7 heteroatoms.